The number of benzene rings is 1. The predicted molar refractivity (Wildman–Crippen MR) is 70.5 cm³/mol. The van der Waals surface area contributed by atoms with Crippen LogP contribution >= 0.6 is 23.2 Å². The summed E-state index contributed by atoms with van der Waals surface area (Å²) in [6.45, 7) is 1.87. The summed E-state index contributed by atoms with van der Waals surface area (Å²) in [4.78, 5) is 11.3. The SMILES string of the molecule is CCc1coc(-c2ccc(Cl)c(Cl)c2)c1C(=O)O. The van der Waals surface area contributed by atoms with Crippen LogP contribution in [0.1, 0.15) is 22.8 Å². The lowest BCUT2D eigenvalue weighted by Gasteiger charge is -2.02. The lowest BCUT2D eigenvalue weighted by atomic mass is 10.0. The number of carboxylic acids is 1. The van der Waals surface area contributed by atoms with Gasteiger partial charge in [0.1, 0.15) is 11.3 Å². The Labute approximate surface area is 114 Å². The van der Waals surface area contributed by atoms with Crippen molar-refractivity contribution in [3.8, 4) is 11.3 Å². The molecule has 0 radical (unpaired) electrons. The van der Waals surface area contributed by atoms with Crippen molar-refractivity contribution in [2.24, 2.45) is 0 Å². The molecule has 1 aromatic carbocycles. The molecule has 2 rings (SSSR count). The van der Waals surface area contributed by atoms with Gasteiger partial charge in [-0.05, 0) is 24.6 Å². The van der Waals surface area contributed by atoms with E-state index in [0.29, 0.717) is 33.4 Å². The lowest BCUT2D eigenvalue weighted by Crippen LogP contribution is -2.00. The molecule has 0 aliphatic heterocycles. The van der Waals surface area contributed by atoms with Gasteiger partial charge in [-0.3, -0.25) is 0 Å². The number of aromatic carboxylic acids is 1. The molecule has 94 valence electrons. The van der Waals surface area contributed by atoms with Crippen LogP contribution in [0.15, 0.2) is 28.9 Å². The molecule has 0 amide bonds. The molecular weight excluding hydrogens is 275 g/mol. The third kappa shape index (κ3) is 2.24. The average molecular weight is 285 g/mol. The Morgan fingerprint density at radius 2 is 2.06 bits per heavy atom. The summed E-state index contributed by atoms with van der Waals surface area (Å²) in [7, 11) is 0. The van der Waals surface area contributed by atoms with Gasteiger partial charge in [-0.2, -0.15) is 0 Å². The molecule has 5 heteroatoms. The number of rotatable bonds is 3. The van der Waals surface area contributed by atoms with Gasteiger partial charge in [0.2, 0.25) is 0 Å². The third-order valence-corrected chi connectivity index (χ3v) is 3.38. The molecule has 0 saturated heterocycles. The van der Waals surface area contributed by atoms with E-state index in [0.717, 1.165) is 0 Å². The number of furan rings is 1. The van der Waals surface area contributed by atoms with E-state index >= 15 is 0 Å². The lowest BCUT2D eigenvalue weighted by molar-refractivity contribution is 0.0696. The molecule has 0 fully saturated rings. The van der Waals surface area contributed by atoms with Crippen LogP contribution in [0, 0.1) is 0 Å². The second-order valence-electron chi connectivity index (χ2n) is 3.75. The predicted octanol–water partition coefficient (Wildman–Crippen LogP) is 4.51. The monoisotopic (exact) mass is 284 g/mol. The van der Waals surface area contributed by atoms with E-state index in [1.807, 2.05) is 6.92 Å². The van der Waals surface area contributed by atoms with Gasteiger partial charge in [-0.15, -0.1) is 0 Å². The van der Waals surface area contributed by atoms with Crippen LogP contribution < -0.4 is 0 Å². The highest BCUT2D eigenvalue weighted by molar-refractivity contribution is 6.42. The van der Waals surface area contributed by atoms with Gasteiger partial charge in [-0.1, -0.05) is 30.1 Å². The molecule has 1 N–H and O–H groups in total. The van der Waals surface area contributed by atoms with Gasteiger partial charge in [0, 0.05) is 11.1 Å². The normalized spacial score (nSPS) is 10.6. The largest absolute Gasteiger partial charge is 0.478 e. The molecule has 0 bridgehead atoms. The molecular formula is C13H10Cl2O3. The minimum absolute atomic E-state index is 0.177. The maximum absolute atomic E-state index is 11.3. The molecule has 0 aliphatic rings. The number of halogens is 2. The molecule has 2 aromatic rings. The van der Waals surface area contributed by atoms with Crippen LogP contribution in [0.4, 0.5) is 0 Å². The highest BCUT2D eigenvalue weighted by Gasteiger charge is 2.20. The first-order valence-corrected chi connectivity index (χ1v) is 6.09. The second kappa shape index (κ2) is 5.04. The summed E-state index contributed by atoms with van der Waals surface area (Å²) in [5.41, 5.74) is 1.43. The maximum Gasteiger partial charge on any atom is 0.339 e. The Bertz CT molecular complexity index is 602. The molecule has 1 heterocycles. The summed E-state index contributed by atoms with van der Waals surface area (Å²) in [5, 5.41) is 10.0. The minimum atomic E-state index is -1.01. The zero-order valence-electron chi connectivity index (χ0n) is 9.54. The van der Waals surface area contributed by atoms with Gasteiger partial charge in [-0.25, -0.2) is 4.79 Å². The van der Waals surface area contributed by atoms with Crippen molar-refractivity contribution in [2.45, 2.75) is 13.3 Å². The quantitative estimate of drug-likeness (QED) is 0.902. The summed E-state index contributed by atoms with van der Waals surface area (Å²) < 4.78 is 5.35. The summed E-state index contributed by atoms with van der Waals surface area (Å²) in [6.07, 6.45) is 2.05. The number of hydrogen-bond donors (Lipinski definition) is 1. The number of carboxylic acid groups (broad SMARTS) is 1. The van der Waals surface area contributed by atoms with Crippen molar-refractivity contribution in [1.29, 1.82) is 0 Å². The van der Waals surface area contributed by atoms with E-state index in [-0.39, 0.29) is 5.56 Å². The number of hydrogen-bond acceptors (Lipinski definition) is 2. The van der Waals surface area contributed by atoms with E-state index in [1.165, 1.54) is 6.26 Å². The average Bonchev–Trinajstić information content (AvgIpc) is 2.76. The molecule has 0 saturated carbocycles. The molecule has 1 aromatic heterocycles. The van der Waals surface area contributed by atoms with Gasteiger partial charge < -0.3 is 9.52 Å². The van der Waals surface area contributed by atoms with Crippen LogP contribution in [0.2, 0.25) is 10.0 Å². The summed E-state index contributed by atoms with van der Waals surface area (Å²) in [5.74, 6) is -0.709. The molecule has 0 atom stereocenters. The molecule has 3 nitrogen and oxygen atoms in total. The Hall–Kier alpha value is -1.45. The maximum atomic E-state index is 11.3. The zero-order chi connectivity index (χ0) is 13.3. The van der Waals surface area contributed by atoms with E-state index in [1.54, 1.807) is 18.2 Å². The fourth-order valence-corrected chi connectivity index (χ4v) is 2.04. The van der Waals surface area contributed by atoms with Crippen molar-refractivity contribution in [1.82, 2.24) is 0 Å². The van der Waals surface area contributed by atoms with Crippen LogP contribution in [0.3, 0.4) is 0 Å². The Balaban J connectivity index is 2.60. The Morgan fingerprint density at radius 1 is 1.33 bits per heavy atom. The van der Waals surface area contributed by atoms with E-state index in [4.69, 9.17) is 27.6 Å². The van der Waals surface area contributed by atoms with Crippen molar-refractivity contribution in [3.05, 3.63) is 45.6 Å². The first kappa shape index (κ1) is 13.0. The summed E-state index contributed by atoms with van der Waals surface area (Å²) in [6, 6.07) is 4.88. The first-order chi connectivity index (χ1) is 8.54. The van der Waals surface area contributed by atoms with E-state index in [9.17, 15) is 9.90 Å². The van der Waals surface area contributed by atoms with Gasteiger partial charge >= 0.3 is 5.97 Å². The van der Waals surface area contributed by atoms with Crippen molar-refractivity contribution in [2.75, 3.05) is 0 Å². The fraction of sp³-hybridized carbons (Fsp3) is 0.154. The molecule has 0 spiro atoms. The summed E-state index contributed by atoms with van der Waals surface area (Å²) >= 11 is 11.7. The second-order valence-corrected chi connectivity index (χ2v) is 4.57. The Kier molecular flexibility index (Phi) is 3.64. The molecule has 18 heavy (non-hydrogen) atoms. The van der Waals surface area contributed by atoms with Gasteiger partial charge in [0.05, 0.1) is 16.3 Å². The highest BCUT2D eigenvalue weighted by Crippen LogP contribution is 2.33. The smallest absolute Gasteiger partial charge is 0.339 e. The minimum Gasteiger partial charge on any atom is -0.478 e. The van der Waals surface area contributed by atoms with Gasteiger partial charge in [0.25, 0.3) is 0 Å². The van der Waals surface area contributed by atoms with E-state index < -0.39 is 5.97 Å². The number of aryl methyl sites for hydroxylation is 1. The molecule has 0 unspecified atom stereocenters. The first-order valence-electron chi connectivity index (χ1n) is 5.33. The standard InChI is InChI=1S/C13H10Cl2O3/c1-2-7-6-18-12(11(7)13(16)17)8-3-4-9(14)10(15)5-8/h3-6H,2H2,1H3,(H,16,17). The Morgan fingerprint density at radius 3 is 2.61 bits per heavy atom. The third-order valence-electron chi connectivity index (χ3n) is 2.64. The fourth-order valence-electron chi connectivity index (χ4n) is 1.74. The topological polar surface area (TPSA) is 50.4 Å². The zero-order valence-corrected chi connectivity index (χ0v) is 11.0. The molecule has 0 aliphatic carbocycles. The van der Waals surface area contributed by atoms with Crippen LogP contribution in [0.25, 0.3) is 11.3 Å². The van der Waals surface area contributed by atoms with Crippen LogP contribution in [0.5, 0.6) is 0 Å². The van der Waals surface area contributed by atoms with Crippen molar-refractivity contribution >= 4 is 29.2 Å². The highest BCUT2D eigenvalue weighted by atomic mass is 35.5. The van der Waals surface area contributed by atoms with Gasteiger partial charge in [0.15, 0.2) is 0 Å². The number of carbonyl (C=O) groups is 1. The van der Waals surface area contributed by atoms with E-state index in [2.05, 4.69) is 0 Å². The van der Waals surface area contributed by atoms with Crippen LogP contribution in [-0.4, -0.2) is 11.1 Å². The van der Waals surface area contributed by atoms with Crippen molar-refractivity contribution < 1.29 is 14.3 Å². The van der Waals surface area contributed by atoms with Crippen molar-refractivity contribution in [3.63, 3.8) is 0 Å². The van der Waals surface area contributed by atoms with Crippen LogP contribution in [-0.2, 0) is 6.42 Å².